The van der Waals surface area contributed by atoms with E-state index in [0.717, 1.165) is 12.4 Å². The first-order chi connectivity index (χ1) is 8.24. The SMILES string of the molecule is Cc1ccc(CNCc2nccc(N)n2)cc1. The number of nitrogens with zero attached hydrogens (tertiary/aromatic N) is 2. The molecule has 0 amide bonds. The zero-order valence-corrected chi connectivity index (χ0v) is 9.85. The van der Waals surface area contributed by atoms with E-state index < -0.39 is 0 Å². The van der Waals surface area contributed by atoms with Crippen molar-refractivity contribution in [2.75, 3.05) is 5.73 Å². The van der Waals surface area contributed by atoms with Crippen LogP contribution in [0.15, 0.2) is 36.5 Å². The number of hydrogen-bond donors (Lipinski definition) is 2. The maximum absolute atomic E-state index is 5.58. The lowest BCUT2D eigenvalue weighted by Gasteiger charge is -2.04. The Morgan fingerprint density at radius 3 is 2.59 bits per heavy atom. The summed E-state index contributed by atoms with van der Waals surface area (Å²) in [7, 11) is 0. The van der Waals surface area contributed by atoms with Gasteiger partial charge in [-0.2, -0.15) is 0 Å². The van der Waals surface area contributed by atoms with Gasteiger partial charge in [-0.15, -0.1) is 0 Å². The average Bonchev–Trinajstić information content (AvgIpc) is 2.32. The molecular weight excluding hydrogens is 212 g/mol. The van der Waals surface area contributed by atoms with E-state index in [1.807, 2.05) is 0 Å². The molecule has 2 aromatic rings. The number of benzene rings is 1. The Bertz CT molecular complexity index is 479. The summed E-state index contributed by atoms with van der Waals surface area (Å²) in [6, 6.07) is 10.1. The molecule has 0 unspecified atom stereocenters. The number of aryl methyl sites for hydroxylation is 1. The second-order valence-electron chi connectivity index (χ2n) is 3.99. The quantitative estimate of drug-likeness (QED) is 0.835. The summed E-state index contributed by atoms with van der Waals surface area (Å²) < 4.78 is 0. The minimum Gasteiger partial charge on any atom is -0.384 e. The van der Waals surface area contributed by atoms with Crippen molar-refractivity contribution >= 4 is 5.82 Å². The zero-order chi connectivity index (χ0) is 12.1. The molecule has 0 aliphatic rings. The van der Waals surface area contributed by atoms with Gasteiger partial charge in [0.25, 0.3) is 0 Å². The molecule has 4 nitrogen and oxygen atoms in total. The van der Waals surface area contributed by atoms with Gasteiger partial charge in [0.2, 0.25) is 0 Å². The topological polar surface area (TPSA) is 63.8 Å². The molecule has 0 bridgehead atoms. The van der Waals surface area contributed by atoms with Gasteiger partial charge in [-0.1, -0.05) is 29.8 Å². The number of nitrogens with one attached hydrogen (secondary N) is 1. The number of nitrogen functional groups attached to an aromatic ring is 1. The standard InChI is InChI=1S/C13H16N4/c1-10-2-4-11(5-3-10)8-15-9-13-16-7-6-12(14)17-13/h2-7,15H,8-9H2,1H3,(H2,14,16,17). The second kappa shape index (κ2) is 5.41. The van der Waals surface area contributed by atoms with E-state index in [1.165, 1.54) is 11.1 Å². The lowest BCUT2D eigenvalue weighted by Crippen LogP contribution is -2.15. The maximum Gasteiger partial charge on any atom is 0.144 e. The van der Waals surface area contributed by atoms with E-state index in [4.69, 9.17) is 5.73 Å². The van der Waals surface area contributed by atoms with Crippen LogP contribution in [0.4, 0.5) is 5.82 Å². The van der Waals surface area contributed by atoms with Crippen molar-refractivity contribution in [3.05, 3.63) is 53.5 Å². The van der Waals surface area contributed by atoms with Crippen LogP contribution in [0.25, 0.3) is 0 Å². The Hall–Kier alpha value is -1.94. The van der Waals surface area contributed by atoms with Crippen LogP contribution in [0.1, 0.15) is 17.0 Å². The van der Waals surface area contributed by atoms with Crippen LogP contribution in [0.5, 0.6) is 0 Å². The summed E-state index contributed by atoms with van der Waals surface area (Å²) in [5.41, 5.74) is 8.10. The number of aromatic nitrogens is 2. The fraction of sp³-hybridized carbons (Fsp3) is 0.231. The molecule has 3 N–H and O–H groups in total. The van der Waals surface area contributed by atoms with E-state index in [1.54, 1.807) is 12.3 Å². The third-order valence-electron chi connectivity index (χ3n) is 2.46. The predicted molar refractivity (Wildman–Crippen MR) is 68.2 cm³/mol. The van der Waals surface area contributed by atoms with Crippen LogP contribution < -0.4 is 11.1 Å². The van der Waals surface area contributed by atoms with Crippen LogP contribution in [0.2, 0.25) is 0 Å². The van der Waals surface area contributed by atoms with E-state index in [2.05, 4.69) is 46.5 Å². The number of rotatable bonds is 4. The molecular formula is C13H16N4. The fourth-order valence-electron chi connectivity index (χ4n) is 1.52. The maximum atomic E-state index is 5.58. The Morgan fingerprint density at radius 2 is 1.88 bits per heavy atom. The van der Waals surface area contributed by atoms with Crippen LogP contribution >= 0.6 is 0 Å². The first-order valence-electron chi connectivity index (χ1n) is 5.58. The Labute approximate surface area is 101 Å². The Kier molecular flexibility index (Phi) is 3.67. The monoisotopic (exact) mass is 228 g/mol. The first kappa shape index (κ1) is 11.5. The first-order valence-corrected chi connectivity index (χ1v) is 5.58. The molecule has 4 heteroatoms. The van der Waals surface area contributed by atoms with Crippen LogP contribution in [0.3, 0.4) is 0 Å². The largest absolute Gasteiger partial charge is 0.384 e. The number of anilines is 1. The van der Waals surface area contributed by atoms with E-state index in [0.29, 0.717) is 12.4 Å². The van der Waals surface area contributed by atoms with Gasteiger partial charge in [-0.25, -0.2) is 9.97 Å². The van der Waals surface area contributed by atoms with Gasteiger partial charge in [-0.05, 0) is 18.6 Å². The fourth-order valence-corrected chi connectivity index (χ4v) is 1.52. The molecule has 0 spiro atoms. The van der Waals surface area contributed by atoms with Crippen LogP contribution in [0, 0.1) is 6.92 Å². The highest BCUT2D eigenvalue weighted by Gasteiger charge is 1.97. The Morgan fingerprint density at radius 1 is 1.12 bits per heavy atom. The van der Waals surface area contributed by atoms with Gasteiger partial charge < -0.3 is 11.1 Å². The van der Waals surface area contributed by atoms with Gasteiger partial charge in [-0.3, -0.25) is 0 Å². The van der Waals surface area contributed by atoms with E-state index in [9.17, 15) is 0 Å². The normalized spacial score (nSPS) is 10.4. The van der Waals surface area contributed by atoms with Crippen molar-refractivity contribution in [3.63, 3.8) is 0 Å². The number of nitrogens with two attached hydrogens (primary N) is 1. The summed E-state index contributed by atoms with van der Waals surface area (Å²) in [5, 5.41) is 3.28. The van der Waals surface area contributed by atoms with E-state index in [-0.39, 0.29) is 0 Å². The van der Waals surface area contributed by atoms with Crippen molar-refractivity contribution in [1.29, 1.82) is 0 Å². The summed E-state index contributed by atoms with van der Waals surface area (Å²) >= 11 is 0. The molecule has 1 heterocycles. The molecule has 88 valence electrons. The highest BCUT2D eigenvalue weighted by molar-refractivity contribution is 5.25. The highest BCUT2D eigenvalue weighted by atomic mass is 15.0. The molecule has 0 radical (unpaired) electrons. The van der Waals surface area contributed by atoms with Crippen molar-refractivity contribution in [2.24, 2.45) is 0 Å². The van der Waals surface area contributed by atoms with Gasteiger partial charge in [0, 0.05) is 12.7 Å². The molecule has 1 aromatic carbocycles. The molecule has 0 fully saturated rings. The highest BCUT2D eigenvalue weighted by Crippen LogP contribution is 2.03. The minimum absolute atomic E-state index is 0.507. The minimum atomic E-state index is 0.507. The van der Waals surface area contributed by atoms with Gasteiger partial charge in [0.15, 0.2) is 0 Å². The molecule has 0 aliphatic heterocycles. The molecule has 0 aliphatic carbocycles. The lowest BCUT2D eigenvalue weighted by molar-refractivity contribution is 0.663. The van der Waals surface area contributed by atoms with E-state index >= 15 is 0 Å². The van der Waals surface area contributed by atoms with Gasteiger partial charge in [0.1, 0.15) is 11.6 Å². The molecule has 17 heavy (non-hydrogen) atoms. The van der Waals surface area contributed by atoms with Crippen molar-refractivity contribution in [2.45, 2.75) is 20.0 Å². The van der Waals surface area contributed by atoms with Gasteiger partial charge >= 0.3 is 0 Å². The third kappa shape index (κ3) is 3.53. The zero-order valence-electron chi connectivity index (χ0n) is 9.85. The average molecular weight is 228 g/mol. The molecule has 0 saturated carbocycles. The molecule has 0 atom stereocenters. The molecule has 1 aromatic heterocycles. The number of hydrogen-bond acceptors (Lipinski definition) is 4. The molecule has 2 rings (SSSR count). The van der Waals surface area contributed by atoms with Crippen LogP contribution in [-0.4, -0.2) is 9.97 Å². The second-order valence-corrected chi connectivity index (χ2v) is 3.99. The van der Waals surface area contributed by atoms with Gasteiger partial charge in [0.05, 0.1) is 6.54 Å². The van der Waals surface area contributed by atoms with Crippen molar-refractivity contribution in [1.82, 2.24) is 15.3 Å². The summed E-state index contributed by atoms with van der Waals surface area (Å²) in [6.07, 6.45) is 1.67. The smallest absolute Gasteiger partial charge is 0.144 e. The Balaban J connectivity index is 1.85. The van der Waals surface area contributed by atoms with Crippen LogP contribution in [-0.2, 0) is 13.1 Å². The lowest BCUT2D eigenvalue weighted by atomic mass is 10.1. The third-order valence-corrected chi connectivity index (χ3v) is 2.46. The van der Waals surface area contributed by atoms with Crippen molar-refractivity contribution in [3.8, 4) is 0 Å². The molecule has 0 saturated heterocycles. The summed E-state index contributed by atoms with van der Waals surface area (Å²) in [4.78, 5) is 8.25. The predicted octanol–water partition coefficient (Wildman–Crippen LogP) is 1.66. The van der Waals surface area contributed by atoms with Crippen molar-refractivity contribution < 1.29 is 0 Å². The summed E-state index contributed by atoms with van der Waals surface area (Å²) in [5.74, 6) is 1.23. The summed E-state index contributed by atoms with van der Waals surface area (Å²) in [6.45, 7) is 3.51.